The zero-order valence-electron chi connectivity index (χ0n) is 10.9. The number of carbonyl (C=O) groups excluding carboxylic acids is 1. The molecule has 104 valence electrons. The fourth-order valence-corrected chi connectivity index (χ4v) is 1.73. The SMILES string of the molecule is NCCc1ccc(CNC(=O)c2ccc(=O)[nH]n2)cc1. The average Bonchev–Trinajstić information content (AvgIpc) is 2.47. The van der Waals surface area contributed by atoms with Crippen molar-refractivity contribution in [3.05, 3.63) is 63.6 Å². The van der Waals surface area contributed by atoms with Crippen molar-refractivity contribution in [2.75, 3.05) is 6.54 Å². The third-order valence-corrected chi connectivity index (χ3v) is 2.82. The summed E-state index contributed by atoms with van der Waals surface area (Å²) in [5.74, 6) is -0.327. The minimum absolute atomic E-state index is 0.185. The van der Waals surface area contributed by atoms with Gasteiger partial charge in [-0.3, -0.25) is 9.59 Å². The molecule has 0 spiro atoms. The number of amides is 1. The monoisotopic (exact) mass is 272 g/mol. The predicted octanol–water partition coefficient (Wildman–Crippen LogP) is 0.201. The number of rotatable bonds is 5. The average molecular weight is 272 g/mol. The Morgan fingerprint density at radius 1 is 1.15 bits per heavy atom. The molecule has 1 heterocycles. The molecule has 4 N–H and O–H groups in total. The summed E-state index contributed by atoms with van der Waals surface area (Å²) < 4.78 is 0. The van der Waals surface area contributed by atoms with E-state index in [0.29, 0.717) is 13.1 Å². The molecule has 0 atom stereocenters. The van der Waals surface area contributed by atoms with Crippen LogP contribution in [0.1, 0.15) is 21.6 Å². The third-order valence-electron chi connectivity index (χ3n) is 2.82. The van der Waals surface area contributed by atoms with E-state index in [-0.39, 0.29) is 17.2 Å². The molecule has 20 heavy (non-hydrogen) atoms. The van der Waals surface area contributed by atoms with E-state index in [1.165, 1.54) is 17.7 Å². The van der Waals surface area contributed by atoms with Gasteiger partial charge in [0.05, 0.1) is 0 Å². The molecule has 0 saturated heterocycles. The normalized spacial score (nSPS) is 10.2. The molecule has 0 aliphatic heterocycles. The maximum absolute atomic E-state index is 11.8. The fourth-order valence-electron chi connectivity index (χ4n) is 1.73. The van der Waals surface area contributed by atoms with Gasteiger partial charge in [-0.05, 0) is 30.2 Å². The molecular weight excluding hydrogens is 256 g/mol. The molecule has 0 radical (unpaired) electrons. The van der Waals surface area contributed by atoms with Crippen molar-refractivity contribution in [1.29, 1.82) is 0 Å². The molecule has 1 amide bonds. The van der Waals surface area contributed by atoms with Gasteiger partial charge >= 0.3 is 0 Å². The lowest BCUT2D eigenvalue weighted by Gasteiger charge is -2.05. The van der Waals surface area contributed by atoms with Gasteiger partial charge in [0.2, 0.25) is 0 Å². The van der Waals surface area contributed by atoms with Gasteiger partial charge in [0, 0.05) is 12.6 Å². The number of nitrogens with zero attached hydrogens (tertiary/aromatic N) is 1. The van der Waals surface area contributed by atoms with E-state index in [2.05, 4.69) is 15.5 Å². The van der Waals surface area contributed by atoms with E-state index in [9.17, 15) is 9.59 Å². The molecule has 6 nitrogen and oxygen atoms in total. The van der Waals surface area contributed by atoms with Crippen LogP contribution in [0.15, 0.2) is 41.2 Å². The lowest BCUT2D eigenvalue weighted by atomic mass is 10.1. The minimum Gasteiger partial charge on any atom is -0.347 e. The van der Waals surface area contributed by atoms with Crippen LogP contribution in [0.25, 0.3) is 0 Å². The molecule has 0 fully saturated rings. The lowest BCUT2D eigenvalue weighted by Crippen LogP contribution is -2.25. The van der Waals surface area contributed by atoms with E-state index in [1.54, 1.807) is 0 Å². The first kappa shape index (κ1) is 14.0. The van der Waals surface area contributed by atoms with Gasteiger partial charge in [-0.2, -0.15) is 5.10 Å². The van der Waals surface area contributed by atoms with Crippen molar-refractivity contribution in [2.24, 2.45) is 5.73 Å². The second-order valence-corrected chi connectivity index (χ2v) is 4.34. The Morgan fingerprint density at radius 3 is 2.45 bits per heavy atom. The second kappa shape index (κ2) is 6.63. The number of aromatic nitrogens is 2. The highest BCUT2D eigenvalue weighted by Crippen LogP contribution is 2.04. The zero-order valence-corrected chi connectivity index (χ0v) is 10.9. The highest BCUT2D eigenvalue weighted by molar-refractivity contribution is 5.91. The van der Waals surface area contributed by atoms with Crippen LogP contribution in [0.5, 0.6) is 0 Å². The van der Waals surface area contributed by atoms with Crippen molar-refractivity contribution in [1.82, 2.24) is 15.5 Å². The van der Waals surface area contributed by atoms with Gasteiger partial charge in [-0.25, -0.2) is 5.10 Å². The van der Waals surface area contributed by atoms with Crippen LogP contribution in [-0.2, 0) is 13.0 Å². The molecular formula is C14H16N4O2. The molecule has 6 heteroatoms. The summed E-state index contributed by atoms with van der Waals surface area (Å²) in [5.41, 5.74) is 7.49. The first-order chi connectivity index (χ1) is 9.69. The first-order valence-electron chi connectivity index (χ1n) is 6.31. The van der Waals surface area contributed by atoms with E-state index in [4.69, 9.17) is 5.73 Å². The standard InChI is InChI=1S/C14H16N4O2/c15-8-7-10-1-3-11(4-2-10)9-16-14(20)12-5-6-13(19)18-17-12/h1-6H,7-9,15H2,(H,16,20)(H,18,19). The summed E-state index contributed by atoms with van der Waals surface area (Å²) in [5, 5.41) is 8.63. The zero-order chi connectivity index (χ0) is 14.4. The van der Waals surface area contributed by atoms with E-state index in [1.807, 2.05) is 24.3 Å². The van der Waals surface area contributed by atoms with E-state index < -0.39 is 0 Å². The first-order valence-corrected chi connectivity index (χ1v) is 6.31. The number of hydrogen-bond donors (Lipinski definition) is 3. The van der Waals surface area contributed by atoms with Crippen molar-refractivity contribution in [3.63, 3.8) is 0 Å². The molecule has 0 saturated carbocycles. The fraction of sp³-hybridized carbons (Fsp3) is 0.214. The van der Waals surface area contributed by atoms with Crippen LogP contribution in [0.3, 0.4) is 0 Å². The van der Waals surface area contributed by atoms with Crippen molar-refractivity contribution >= 4 is 5.91 Å². The maximum atomic E-state index is 11.8. The number of nitrogens with two attached hydrogens (primary N) is 1. The van der Waals surface area contributed by atoms with Gasteiger partial charge in [0.1, 0.15) is 5.69 Å². The summed E-state index contributed by atoms with van der Waals surface area (Å²) >= 11 is 0. The largest absolute Gasteiger partial charge is 0.347 e. The van der Waals surface area contributed by atoms with Crippen LogP contribution < -0.4 is 16.6 Å². The maximum Gasteiger partial charge on any atom is 0.271 e. The predicted molar refractivity (Wildman–Crippen MR) is 75.2 cm³/mol. The number of H-pyrrole nitrogens is 1. The van der Waals surface area contributed by atoms with E-state index in [0.717, 1.165) is 12.0 Å². The Bertz CT molecular complexity index is 614. The lowest BCUT2D eigenvalue weighted by molar-refractivity contribution is 0.0945. The van der Waals surface area contributed by atoms with Crippen LogP contribution in [0, 0.1) is 0 Å². The smallest absolute Gasteiger partial charge is 0.271 e. The molecule has 1 aromatic carbocycles. The van der Waals surface area contributed by atoms with Gasteiger partial charge in [0.25, 0.3) is 11.5 Å². The van der Waals surface area contributed by atoms with Crippen LogP contribution in [-0.4, -0.2) is 22.6 Å². The van der Waals surface area contributed by atoms with Crippen LogP contribution in [0.4, 0.5) is 0 Å². The minimum atomic E-state index is -0.336. The second-order valence-electron chi connectivity index (χ2n) is 4.34. The summed E-state index contributed by atoms with van der Waals surface area (Å²) in [6.45, 7) is 1.02. The summed E-state index contributed by atoms with van der Waals surface area (Å²) in [7, 11) is 0. The summed E-state index contributed by atoms with van der Waals surface area (Å²) in [6, 6.07) is 10.5. The summed E-state index contributed by atoms with van der Waals surface area (Å²) in [4.78, 5) is 22.6. The molecule has 2 rings (SSSR count). The number of aromatic amines is 1. The van der Waals surface area contributed by atoms with Gasteiger partial charge < -0.3 is 11.1 Å². The number of benzene rings is 1. The Balaban J connectivity index is 1.92. The topological polar surface area (TPSA) is 101 Å². The Hall–Kier alpha value is -2.47. The van der Waals surface area contributed by atoms with E-state index >= 15 is 0 Å². The number of carbonyl (C=O) groups is 1. The van der Waals surface area contributed by atoms with Gasteiger partial charge in [-0.15, -0.1) is 0 Å². The highest BCUT2D eigenvalue weighted by Gasteiger charge is 2.06. The molecule has 0 aliphatic carbocycles. The van der Waals surface area contributed by atoms with Gasteiger partial charge in [-0.1, -0.05) is 24.3 Å². The molecule has 0 aliphatic rings. The van der Waals surface area contributed by atoms with Crippen LogP contribution >= 0.6 is 0 Å². The Kier molecular flexibility index (Phi) is 4.62. The Labute approximate surface area is 116 Å². The molecule has 0 bridgehead atoms. The summed E-state index contributed by atoms with van der Waals surface area (Å²) in [6.07, 6.45) is 0.841. The van der Waals surface area contributed by atoms with Crippen LogP contribution in [0.2, 0.25) is 0 Å². The van der Waals surface area contributed by atoms with Crippen molar-refractivity contribution in [3.8, 4) is 0 Å². The van der Waals surface area contributed by atoms with Gasteiger partial charge in [0.15, 0.2) is 0 Å². The molecule has 1 aromatic heterocycles. The third kappa shape index (κ3) is 3.76. The number of nitrogens with one attached hydrogen (secondary N) is 2. The highest BCUT2D eigenvalue weighted by atomic mass is 16.2. The van der Waals surface area contributed by atoms with Crippen molar-refractivity contribution < 1.29 is 4.79 Å². The quantitative estimate of drug-likeness (QED) is 0.723. The number of hydrogen-bond acceptors (Lipinski definition) is 4. The molecule has 0 unspecified atom stereocenters. The Morgan fingerprint density at radius 2 is 1.85 bits per heavy atom. The molecule has 2 aromatic rings. The van der Waals surface area contributed by atoms with Crippen molar-refractivity contribution in [2.45, 2.75) is 13.0 Å².